The molecule has 2 aromatic carbocycles. The van der Waals surface area contributed by atoms with E-state index in [4.69, 9.17) is 11.6 Å². The molecule has 0 amide bonds. The molecule has 0 atom stereocenters. The molecule has 0 heterocycles. The first kappa shape index (κ1) is 14.4. The second kappa shape index (κ2) is 5.99. The van der Waals surface area contributed by atoms with Crippen molar-refractivity contribution in [3.05, 3.63) is 57.0 Å². The average molecular weight is 347 g/mol. The third-order valence-electron chi connectivity index (χ3n) is 2.73. The topological polar surface area (TPSA) is 12.0 Å². The molecule has 0 aliphatic rings. The summed E-state index contributed by atoms with van der Waals surface area (Å²) in [5, 5.41) is 3.31. The molecule has 0 aliphatic carbocycles. The van der Waals surface area contributed by atoms with Crippen LogP contribution in [0, 0.1) is 11.6 Å². The lowest BCUT2D eigenvalue weighted by Crippen LogP contribution is -2.05. The Kier molecular flexibility index (Phi) is 4.55. The molecule has 100 valence electrons. The lowest BCUT2D eigenvalue weighted by Gasteiger charge is -2.10. The predicted molar refractivity (Wildman–Crippen MR) is 77.3 cm³/mol. The zero-order chi connectivity index (χ0) is 14.0. The molecular weight excluding hydrogens is 336 g/mol. The van der Waals surface area contributed by atoms with Crippen molar-refractivity contribution in [2.45, 2.75) is 6.54 Å². The van der Waals surface area contributed by atoms with Gasteiger partial charge in [0.05, 0.1) is 10.0 Å². The van der Waals surface area contributed by atoms with Gasteiger partial charge in [0.15, 0.2) is 0 Å². The van der Waals surface area contributed by atoms with E-state index in [0.29, 0.717) is 17.1 Å². The second-order valence-corrected chi connectivity index (χ2v) is 5.32. The summed E-state index contributed by atoms with van der Waals surface area (Å²) >= 11 is 9.17. The van der Waals surface area contributed by atoms with Gasteiger partial charge < -0.3 is 5.32 Å². The maximum absolute atomic E-state index is 14.0. The van der Waals surface area contributed by atoms with E-state index in [-0.39, 0.29) is 10.0 Å². The molecule has 0 fully saturated rings. The summed E-state index contributed by atoms with van der Waals surface area (Å²) in [5.41, 5.74) is 1.18. The van der Waals surface area contributed by atoms with Crippen molar-refractivity contribution in [1.29, 1.82) is 0 Å². The summed E-state index contributed by atoms with van der Waals surface area (Å²) in [6, 6.07) is 7.66. The van der Waals surface area contributed by atoms with Crippen LogP contribution in [0.25, 0.3) is 11.1 Å². The van der Waals surface area contributed by atoms with E-state index in [1.54, 1.807) is 18.2 Å². The van der Waals surface area contributed by atoms with Crippen LogP contribution in [0.1, 0.15) is 5.56 Å². The van der Waals surface area contributed by atoms with Gasteiger partial charge in [-0.1, -0.05) is 23.7 Å². The molecular formula is C14H11BrClF2N. The molecule has 0 spiro atoms. The molecule has 1 nitrogen and oxygen atoms in total. The van der Waals surface area contributed by atoms with Gasteiger partial charge in [-0.25, -0.2) is 8.78 Å². The lowest BCUT2D eigenvalue weighted by atomic mass is 10.0. The quantitative estimate of drug-likeness (QED) is 0.790. The lowest BCUT2D eigenvalue weighted by molar-refractivity contribution is 0.585. The van der Waals surface area contributed by atoms with E-state index in [0.717, 1.165) is 5.56 Å². The van der Waals surface area contributed by atoms with Crippen molar-refractivity contribution < 1.29 is 8.78 Å². The Morgan fingerprint density at radius 1 is 1.21 bits per heavy atom. The number of hydrogen-bond acceptors (Lipinski definition) is 1. The van der Waals surface area contributed by atoms with Gasteiger partial charge >= 0.3 is 0 Å². The van der Waals surface area contributed by atoms with Crippen molar-refractivity contribution in [3.63, 3.8) is 0 Å². The van der Waals surface area contributed by atoms with E-state index >= 15 is 0 Å². The van der Waals surface area contributed by atoms with E-state index < -0.39 is 11.6 Å². The van der Waals surface area contributed by atoms with Crippen molar-refractivity contribution in [2.75, 3.05) is 7.05 Å². The molecule has 0 saturated heterocycles. The molecule has 0 saturated carbocycles. The third kappa shape index (κ3) is 2.96. The molecule has 19 heavy (non-hydrogen) atoms. The van der Waals surface area contributed by atoms with Gasteiger partial charge in [0, 0.05) is 17.1 Å². The summed E-state index contributed by atoms with van der Waals surface area (Å²) in [7, 11) is 1.81. The summed E-state index contributed by atoms with van der Waals surface area (Å²) in [6.45, 7) is 0.642. The molecule has 0 unspecified atom stereocenters. The molecule has 0 radical (unpaired) electrons. The van der Waals surface area contributed by atoms with Crippen LogP contribution in [0.4, 0.5) is 8.78 Å². The fourth-order valence-corrected chi connectivity index (χ4v) is 2.48. The van der Waals surface area contributed by atoms with Crippen molar-refractivity contribution in [2.24, 2.45) is 0 Å². The summed E-state index contributed by atoms with van der Waals surface area (Å²) in [4.78, 5) is 0. The van der Waals surface area contributed by atoms with Crippen LogP contribution < -0.4 is 5.32 Å². The summed E-state index contributed by atoms with van der Waals surface area (Å²) < 4.78 is 28.0. The van der Waals surface area contributed by atoms with Crippen molar-refractivity contribution >= 4 is 27.5 Å². The van der Waals surface area contributed by atoms with Gasteiger partial charge in [-0.05, 0) is 46.7 Å². The smallest absolute Gasteiger partial charge is 0.148 e. The first-order valence-electron chi connectivity index (χ1n) is 5.61. The van der Waals surface area contributed by atoms with Crippen LogP contribution in [-0.2, 0) is 6.54 Å². The monoisotopic (exact) mass is 345 g/mol. The van der Waals surface area contributed by atoms with Crippen LogP contribution in [0.15, 0.2) is 34.8 Å². The SMILES string of the molecule is CNCc1ccc(-c2c(F)ccc(Br)c2F)c(Cl)c1. The minimum atomic E-state index is -0.650. The number of rotatable bonds is 3. The standard InChI is InChI=1S/C14H11BrClF2N/c1-19-7-8-2-3-9(11(16)6-8)13-12(17)5-4-10(15)14(13)18/h2-6,19H,7H2,1H3. The number of benzene rings is 2. The third-order valence-corrected chi connectivity index (χ3v) is 3.65. The van der Waals surface area contributed by atoms with Crippen LogP contribution in [0.3, 0.4) is 0 Å². The molecule has 2 aromatic rings. The first-order chi connectivity index (χ1) is 9.04. The number of hydrogen-bond donors (Lipinski definition) is 1. The summed E-state index contributed by atoms with van der Waals surface area (Å²) in [6.07, 6.45) is 0. The van der Waals surface area contributed by atoms with E-state index in [1.165, 1.54) is 12.1 Å². The van der Waals surface area contributed by atoms with E-state index in [2.05, 4.69) is 21.2 Å². The Hall–Kier alpha value is -0.970. The fourth-order valence-electron chi connectivity index (χ4n) is 1.85. The first-order valence-corrected chi connectivity index (χ1v) is 6.78. The molecule has 1 N–H and O–H groups in total. The molecule has 2 rings (SSSR count). The normalized spacial score (nSPS) is 10.8. The molecule has 0 aromatic heterocycles. The largest absolute Gasteiger partial charge is 0.316 e. The number of nitrogens with one attached hydrogen (secondary N) is 1. The molecule has 5 heteroatoms. The Bertz CT molecular complexity index is 617. The Labute approximate surface area is 123 Å². The Morgan fingerprint density at radius 3 is 2.58 bits per heavy atom. The number of halogens is 4. The highest BCUT2D eigenvalue weighted by Gasteiger charge is 2.16. The minimum Gasteiger partial charge on any atom is -0.316 e. The van der Waals surface area contributed by atoms with Crippen molar-refractivity contribution in [1.82, 2.24) is 5.32 Å². The second-order valence-electron chi connectivity index (χ2n) is 4.06. The van der Waals surface area contributed by atoms with Crippen LogP contribution >= 0.6 is 27.5 Å². The highest BCUT2D eigenvalue weighted by Crippen LogP contribution is 2.35. The maximum atomic E-state index is 14.0. The highest BCUT2D eigenvalue weighted by molar-refractivity contribution is 9.10. The van der Waals surface area contributed by atoms with Gasteiger partial charge in [-0.2, -0.15) is 0 Å². The highest BCUT2D eigenvalue weighted by atomic mass is 79.9. The van der Waals surface area contributed by atoms with Gasteiger partial charge in [-0.15, -0.1) is 0 Å². The van der Waals surface area contributed by atoms with Crippen LogP contribution in [-0.4, -0.2) is 7.05 Å². The summed E-state index contributed by atoms with van der Waals surface area (Å²) in [5.74, 6) is -1.28. The van der Waals surface area contributed by atoms with Crippen molar-refractivity contribution in [3.8, 4) is 11.1 Å². The maximum Gasteiger partial charge on any atom is 0.148 e. The Balaban J connectivity index is 2.57. The predicted octanol–water partition coefficient (Wildman–Crippen LogP) is 4.77. The van der Waals surface area contributed by atoms with Crippen LogP contribution in [0.2, 0.25) is 5.02 Å². The molecule has 0 aliphatic heterocycles. The molecule has 0 bridgehead atoms. The van der Waals surface area contributed by atoms with Gasteiger partial charge in [-0.3, -0.25) is 0 Å². The van der Waals surface area contributed by atoms with Crippen LogP contribution in [0.5, 0.6) is 0 Å². The van der Waals surface area contributed by atoms with E-state index in [1.807, 2.05) is 7.05 Å². The fraction of sp³-hybridized carbons (Fsp3) is 0.143. The van der Waals surface area contributed by atoms with Gasteiger partial charge in [0.25, 0.3) is 0 Å². The van der Waals surface area contributed by atoms with Gasteiger partial charge in [0.1, 0.15) is 11.6 Å². The average Bonchev–Trinajstić information content (AvgIpc) is 2.37. The zero-order valence-corrected chi connectivity index (χ0v) is 12.4. The minimum absolute atomic E-state index is 0.115. The van der Waals surface area contributed by atoms with Gasteiger partial charge in [0.2, 0.25) is 0 Å². The Morgan fingerprint density at radius 2 is 1.95 bits per heavy atom. The zero-order valence-electron chi connectivity index (χ0n) is 10.1. The van der Waals surface area contributed by atoms with E-state index in [9.17, 15) is 8.78 Å².